The van der Waals surface area contributed by atoms with Gasteiger partial charge in [-0.05, 0) is 142 Å². The smallest absolute Gasteiger partial charge is 0.133 e. The zero-order valence-corrected chi connectivity index (χ0v) is 27.8. The Bertz CT molecular complexity index is 1510. The molecule has 4 aromatic carbocycles. The van der Waals surface area contributed by atoms with Gasteiger partial charge in [0.2, 0.25) is 0 Å². The van der Waals surface area contributed by atoms with E-state index in [0.29, 0.717) is 11.4 Å². The zero-order chi connectivity index (χ0) is 31.7. The molecule has 2 aliphatic carbocycles. The van der Waals surface area contributed by atoms with Crippen molar-refractivity contribution in [3.63, 3.8) is 0 Å². The molecule has 236 valence electrons. The molecule has 45 heavy (non-hydrogen) atoms. The van der Waals surface area contributed by atoms with Crippen molar-refractivity contribution in [2.45, 2.75) is 91.4 Å². The largest absolute Gasteiger partial charge is 0.457 e. The molecule has 0 aliphatic heterocycles. The summed E-state index contributed by atoms with van der Waals surface area (Å²) in [7, 11) is 0. The van der Waals surface area contributed by atoms with Gasteiger partial charge in [0.25, 0.3) is 0 Å². The molecule has 2 saturated carbocycles. The van der Waals surface area contributed by atoms with Crippen molar-refractivity contribution in [2.24, 2.45) is 17.8 Å². The van der Waals surface area contributed by atoms with E-state index in [9.17, 15) is 0 Å². The Morgan fingerprint density at radius 3 is 1.36 bits per heavy atom. The maximum absolute atomic E-state index is 6.42. The topological polar surface area (TPSA) is 70.5 Å². The molecule has 2 aliphatic rings. The fraction of sp³-hybridized carbons (Fsp3) is 0.415. The minimum atomic E-state index is -0.0606. The van der Waals surface area contributed by atoms with Crippen LogP contribution in [0, 0.1) is 45.4 Å². The highest BCUT2D eigenvalue weighted by Gasteiger charge is 2.41. The third-order valence-electron chi connectivity index (χ3n) is 10.8. The van der Waals surface area contributed by atoms with Gasteiger partial charge >= 0.3 is 0 Å². The molecule has 0 radical (unpaired) electrons. The number of ether oxygens (including phenoxy) is 2. The highest BCUT2D eigenvalue weighted by molar-refractivity contribution is 5.55. The van der Waals surface area contributed by atoms with Gasteiger partial charge in [-0.1, -0.05) is 56.2 Å². The normalized spacial score (nSPS) is 20.1. The first kappa shape index (κ1) is 31.1. The third-order valence-corrected chi connectivity index (χ3v) is 10.8. The van der Waals surface area contributed by atoms with Crippen LogP contribution < -0.4 is 20.9 Å². The number of nitrogens with two attached hydrogens (primary N) is 2. The van der Waals surface area contributed by atoms with Gasteiger partial charge in [-0.25, -0.2) is 0 Å². The highest BCUT2D eigenvalue weighted by Crippen LogP contribution is 2.52. The summed E-state index contributed by atoms with van der Waals surface area (Å²) in [5, 5.41) is 0. The van der Waals surface area contributed by atoms with E-state index >= 15 is 0 Å². The Morgan fingerprint density at radius 2 is 0.956 bits per heavy atom. The molecule has 0 amide bonds. The average Bonchev–Trinajstić information content (AvgIpc) is 3.01. The Labute approximate surface area is 270 Å². The predicted molar refractivity (Wildman–Crippen MR) is 188 cm³/mol. The quantitative estimate of drug-likeness (QED) is 0.206. The van der Waals surface area contributed by atoms with E-state index in [0.717, 1.165) is 75.8 Å². The Kier molecular flexibility index (Phi) is 8.86. The monoisotopic (exact) mass is 602 g/mol. The van der Waals surface area contributed by atoms with Crippen molar-refractivity contribution in [2.75, 3.05) is 11.5 Å². The van der Waals surface area contributed by atoms with Crippen LogP contribution in [0.5, 0.6) is 23.0 Å². The molecule has 0 heterocycles. The summed E-state index contributed by atoms with van der Waals surface area (Å²) in [6, 6.07) is 24.9. The second kappa shape index (κ2) is 12.8. The van der Waals surface area contributed by atoms with Crippen LogP contribution in [0.25, 0.3) is 0 Å². The highest BCUT2D eigenvalue weighted by atomic mass is 16.5. The summed E-state index contributed by atoms with van der Waals surface area (Å²) in [5.74, 6) is 5.98. The number of rotatable bonds is 7. The average molecular weight is 603 g/mol. The van der Waals surface area contributed by atoms with Gasteiger partial charge in [0.05, 0.1) is 0 Å². The number of aryl methyl sites for hydroxylation is 4. The van der Waals surface area contributed by atoms with E-state index in [-0.39, 0.29) is 5.41 Å². The van der Waals surface area contributed by atoms with E-state index in [4.69, 9.17) is 20.9 Å². The van der Waals surface area contributed by atoms with Crippen LogP contribution in [0.3, 0.4) is 0 Å². The summed E-state index contributed by atoms with van der Waals surface area (Å²) in [4.78, 5) is 0. The Balaban J connectivity index is 1.37. The van der Waals surface area contributed by atoms with Gasteiger partial charge < -0.3 is 20.9 Å². The second-order valence-electron chi connectivity index (χ2n) is 14.2. The van der Waals surface area contributed by atoms with Gasteiger partial charge in [-0.3, -0.25) is 0 Å². The lowest BCUT2D eigenvalue weighted by molar-refractivity contribution is 0.147. The van der Waals surface area contributed by atoms with Gasteiger partial charge in [0, 0.05) is 28.9 Å². The molecule has 4 N–H and O–H groups in total. The molecular formula is C41H50N2O2. The molecule has 0 atom stereocenters. The fourth-order valence-corrected chi connectivity index (χ4v) is 8.27. The zero-order valence-electron chi connectivity index (χ0n) is 27.8. The van der Waals surface area contributed by atoms with Crippen molar-refractivity contribution in [1.82, 2.24) is 0 Å². The van der Waals surface area contributed by atoms with Crippen molar-refractivity contribution >= 4 is 11.4 Å². The maximum Gasteiger partial charge on any atom is 0.133 e. The lowest BCUT2D eigenvalue weighted by Crippen LogP contribution is -2.36. The van der Waals surface area contributed by atoms with Crippen molar-refractivity contribution in [3.8, 4) is 23.0 Å². The predicted octanol–water partition coefficient (Wildman–Crippen LogP) is 11.0. The van der Waals surface area contributed by atoms with Crippen LogP contribution >= 0.6 is 0 Å². The molecule has 0 unspecified atom stereocenters. The van der Waals surface area contributed by atoms with E-state index in [1.807, 2.05) is 48.5 Å². The summed E-state index contributed by atoms with van der Waals surface area (Å²) in [5.41, 5.74) is 20.9. The fourth-order valence-electron chi connectivity index (χ4n) is 8.27. The number of anilines is 2. The first-order valence-electron chi connectivity index (χ1n) is 16.9. The standard InChI is InChI=1S/C41H50N2O2/c1-26-12-14-31(15-13-26)32-16-18-41(19-17-32,33-20-27(2)39(28(3)21-33)44-37-10-6-8-35(42)24-37)34-22-29(4)40(30(5)23-34)45-38-11-7-9-36(43)25-38/h6-11,20-26,31-32H,12-19,42-43H2,1-5H3/t26-,31-. The first-order valence-corrected chi connectivity index (χ1v) is 16.9. The number of hydrogen-bond acceptors (Lipinski definition) is 4. The molecule has 4 aromatic rings. The lowest BCUT2D eigenvalue weighted by Gasteiger charge is -2.45. The van der Waals surface area contributed by atoms with Crippen LogP contribution in [0.4, 0.5) is 11.4 Å². The molecule has 2 fully saturated rings. The Morgan fingerprint density at radius 1 is 0.556 bits per heavy atom. The second-order valence-corrected chi connectivity index (χ2v) is 14.2. The van der Waals surface area contributed by atoms with E-state index in [2.05, 4.69) is 58.9 Å². The molecule has 6 rings (SSSR count). The van der Waals surface area contributed by atoms with Crippen molar-refractivity contribution in [1.29, 1.82) is 0 Å². The van der Waals surface area contributed by atoms with Gasteiger partial charge in [0.15, 0.2) is 0 Å². The van der Waals surface area contributed by atoms with E-state index in [1.165, 1.54) is 49.7 Å². The Hall–Kier alpha value is -3.92. The number of hydrogen-bond donors (Lipinski definition) is 2. The molecule has 0 bridgehead atoms. The van der Waals surface area contributed by atoms with Crippen LogP contribution in [-0.4, -0.2) is 0 Å². The van der Waals surface area contributed by atoms with Crippen LogP contribution in [-0.2, 0) is 5.41 Å². The third kappa shape index (κ3) is 6.57. The van der Waals surface area contributed by atoms with E-state index < -0.39 is 0 Å². The first-order chi connectivity index (χ1) is 21.6. The van der Waals surface area contributed by atoms with Crippen LogP contribution in [0.15, 0.2) is 72.8 Å². The summed E-state index contributed by atoms with van der Waals surface area (Å²) in [6.45, 7) is 11.1. The number of nitrogen functional groups attached to an aromatic ring is 2. The van der Waals surface area contributed by atoms with Crippen LogP contribution in [0.1, 0.15) is 91.7 Å². The lowest BCUT2D eigenvalue weighted by atomic mass is 9.59. The summed E-state index contributed by atoms with van der Waals surface area (Å²) in [6.07, 6.45) is 10.5. The summed E-state index contributed by atoms with van der Waals surface area (Å²) >= 11 is 0. The van der Waals surface area contributed by atoms with Gasteiger partial charge in [-0.15, -0.1) is 0 Å². The molecule has 0 aromatic heterocycles. The number of benzene rings is 4. The van der Waals surface area contributed by atoms with Crippen molar-refractivity contribution in [3.05, 3.63) is 106 Å². The molecular weight excluding hydrogens is 552 g/mol. The minimum Gasteiger partial charge on any atom is -0.457 e. The van der Waals surface area contributed by atoms with Crippen LogP contribution in [0.2, 0.25) is 0 Å². The SMILES string of the molecule is Cc1cc(C2(c3cc(C)c(Oc4cccc(N)c4)c(C)c3)CCC([C@H]3CC[C@H](C)CC3)CC2)cc(C)c1Oc1cccc(N)c1. The minimum absolute atomic E-state index is 0.0606. The maximum atomic E-state index is 6.42. The van der Waals surface area contributed by atoms with E-state index in [1.54, 1.807) is 0 Å². The molecule has 0 saturated heterocycles. The van der Waals surface area contributed by atoms with Gasteiger partial charge in [0.1, 0.15) is 23.0 Å². The van der Waals surface area contributed by atoms with Gasteiger partial charge in [-0.2, -0.15) is 0 Å². The van der Waals surface area contributed by atoms with Crippen molar-refractivity contribution < 1.29 is 9.47 Å². The molecule has 4 heteroatoms. The summed E-state index contributed by atoms with van der Waals surface area (Å²) < 4.78 is 12.8. The molecule has 0 spiro atoms. The molecule has 4 nitrogen and oxygen atoms in total.